The second kappa shape index (κ2) is 8.02. The Bertz CT molecular complexity index is 1820. The van der Waals surface area contributed by atoms with Gasteiger partial charge in [0.25, 0.3) is 5.91 Å². The highest BCUT2D eigenvalue weighted by atomic mass is 19.1. The second-order valence-corrected chi connectivity index (χ2v) is 9.02. The number of hydrogen-bond donors (Lipinski definition) is 2. The summed E-state index contributed by atoms with van der Waals surface area (Å²) in [6.07, 6.45) is 0. The maximum absolute atomic E-state index is 14.4. The van der Waals surface area contributed by atoms with E-state index in [1.54, 1.807) is 18.2 Å². The van der Waals surface area contributed by atoms with Gasteiger partial charge in [-0.05, 0) is 79.1 Å². The Balaban J connectivity index is 1.35. The van der Waals surface area contributed by atoms with Gasteiger partial charge in [0.1, 0.15) is 28.6 Å². The molecule has 0 fully saturated rings. The van der Waals surface area contributed by atoms with Crippen LogP contribution < -0.4 is 11.1 Å². The summed E-state index contributed by atoms with van der Waals surface area (Å²) in [6.45, 7) is 4.07. The van der Waals surface area contributed by atoms with Crippen LogP contribution in [0.5, 0.6) is 0 Å². The maximum atomic E-state index is 14.4. The zero-order chi connectivity index (χ0) is 25.1. The molecule has 1 amide bonds. The van der Waals surface area contributed by atoms with Crippen molar-refractivity contribution in [1.29, 1.82) is 0 Å². The number of carbonyl (C=O) groups is 1. The number of amides is 1. The number of halogens is 2. The molecule has 0 aliphatic heterocycles. The van der Waals surface area contributed by atoms with Crippen molar-refractivity contribution >= 4 is 44.4 Å². The van der Waals surface area contributed by atoms with Gasteiger partial charge in [0.15, 0.2) is 0 Å². The van der Waals surface area contributed by atoms with E-state index in [-0.39, 0.29) is 5.91 Å². The zero-order valence-corrected chi connectivity index (χ0v) is 19.6. The van der Waals surface area contributed by atoms with Crippen LogP contribution in [0.15, 0.2) is 65.1 Å². The van der Waals surface area contributed by atoms with Crippen molar-refractivity contribution in [3.63, 3.8) is 0 Å². The van der Waals surface area contributed by atoms with Gasteiger partial charge in [-0.15, -0.1) is 0 Å². The summed E-state index contributed by atoms with van der Waals surface area (Å²) < 4.78 is 33.8. The number of nitrogens with one attached hydrogen (secondary N) is 1. The summed E-state index contributed by atoms with van der Waals surface area (Å²) in [5.41, 5.74) is 11.2. The van der Waals surface area contributed by atoms with Gasteiger partial charge in [-0.3, -0.25) is 4.79 Å². The molecule has 0 aliphatic rings. The molecule has 0 atom stereocenters. The Morgan fingerprint density at radius 3 is 2.42 bits per heavy atom. The van der Waals surface area contributed by atoms with Crippen molar-refractivity contribution in [2.24, 2.45) is 0 Å². The summed E-state index contributed by atoms with van der Waals surface area (Å²) >= 11 is 0. The van der Waals surface area contributed by atoms with Crippen LogP contribution in [-0.4, -0.2) is 10.9 Å². The molecule has 178 valence electrons. The number of aryl methyl sites for hydroxylation is 2. The molecule has 36 heavy (non-hydrogen) atoms. The standard InChI is InChI=1S/C29H21F2N3O2/c1-14-9-18(15(2)34-28(14)32)13-33-29(35)17-4-7-22-24(11-17)27-23-10-16(3-6-21(23)26(22)36-27)20-8-5-19(30)12-25(20)31/h3-12H,13H2,1-2H3,(H2,32,34)(H,33,35). The molecule has 0 spiro atoms. The fourth-order valence-corrected chi connectivity index (χ4v) is 4.74. The largest absolute Gasteiger partial charge is 0.455 e. The van der Waals surface area contributed by atoms with Crippen molar-refractivity contribution in [3.8, 4) is 11.1 Å². The topological polar surface area (TPSA) is 81.2 Å². The Hall–Kier alpha value is -4.52. The molecule has 0 unspecified atom stereocenters. The van der Waals surface area contributed by atoms with Gasteiger partial charge in [-0.25, -0.2) is 13.8 Å². The van der Waals surface area contributed by atoms with Crippen molar-refractivity contribution in [3.05, 3.63) is 94.7 Å². The first-order valence-electron chi connectivity index (χ1n) is 11.5. The second-order valence-electron chi connectivity index (χ2n) is 9.02. The van der Waals surface area contributed by atoms with Crippen LogP contribution in [0, 0.1) is 25.5 Å². The van der Waals surface area contributed by atoms with Gasteiger partial charge in [0, 0.05) is 51.0 Å². The van der Waals surface area contributed by atoms with E-state index < -0.39 is 11.6 Å². The number of furan rings is 2. The number of hydrogen-bond acceptors (Lipinski definition) is 4. The smallest absolute Gasteiger partial charge is 0.251 e. The number of carbonyl (C=O) groups excluding carboxylic acids is 1. The molecule has 0 saturated heterocycles. The zero-order valence-electron chi connectivity index (χ0n) is 19.6. The van der Waals surface area contributed by atoms with Gasteiger partial charge < -0.3 is 15.5 Å². The lowest BCUT2D eigenvalue weighted by atomic mass is 9.97. The SMILES string of the molecule is Cc1cc(CNC(=O)c2ccc3c(c2)c2oc3c3ccc(-c4ccc(F)cc4F)cc32)c(C)nc1N. The van der Waals surface area contributed by atoms with Crippen molar-refractivity contribution in [2.75, 3.05) is 5.73 Å². The lowest BCUT2D eigenvalue weighted by Gasteiger charge is -2.10. The average Bonchev–Trinajstić information content (AvgIpc) is 3.42. The van der Waals surface area contributed by atoms with Gasteiger partial charge in [0.2, 0.25) is 0 Å². The average molecular weight is 482 g/mol. The number of nitrogens with two attached hydrogens (primary N) is 1. The molecule has 7 heteroatoms. The summed E-state index contributed by atoms with van der Waals surface area (Å²) in [7, 11) is 0. The Morgan fingerprint density at radius 2 is 1.64 bits per heavy atom. The van der Waals surface area contributed by atoms with Crippen LogP contribution in [0.1, 0.15) is 27.2 Å². The highest BCUT2D eigenvalue weighted by Crippen LogP contribution is 2.42. The first-order valence-corrected chi connectivity index (χ1v) is 11.5. The fraction of sp³-hybridized carbons (Fsp3) is 0.103. The van der Waals surface area contributed by atoms with E-state index in [2.05, 4.69) is 10.3 Å². The van der Waals surface area contributed by atoms with Gasteiger partial charge in [0.05, 0.1) is 0 Å². The quantitative estimate of drug-likeness (QED) is 0.276. The monoisotopic (exact) mass is 481 g/mol. The minimum Gasteiger partial charge on any atom is -0.455 e. The number of pyridine rings is 1. The molecule has 6 aromatic rings. The minimum absolute atomic E-state index is 0.220. The fourth-order valence-electron chi connectivity index (χ4n) is 4.74. The lowest BCUT2D eigenvalue weighted by molar-refractivity contribution is 0.0951. The predicted molar refractivity (Wildman–Crippen MR) is 137 cm³/mol. The summed E-state index contributed by atoms with van der Waals surface area (Å²) in [5, 5.41) is 6.38. The minimum atomic E-state index is -0.627. The normalized spacial score (nSPS) is 11.7. The molecule has 3 N–H and O–H groups in total. The van der Waals surface area contributed by atoms with Crippen LogP contribution in [0.25, 0.3) is 43.8 Å². The molecule has 3 aromatic carbocycles. The molecule has 0 saturated carbocycles. The summed E-state index contributed by atoms with van der Waals surface area (Å²) in [6, 6.07) is 16.4. The van der Waals surface area contributed by atoms with Crippen molar-refractivity contribution < 1.29 is 18.0 Å². The third kappa shape index (κ3) is 3.43. The molecule has 2 bridgehead atoms. The van der Waals surface area contributed by atoms with Gasteiger partial charge >= 0.3 is 0 Å². The molecule has 3 heterocycles. The number of benzene rings is 4. The molecule has 0 aliphatic carbocycles. The number of rotatable bonds is 4. The Kier molecular flexibility index (Phi) is 4.89. The van der Waals surface area contributed by atoms with Crippen LogP contribution >= 0.6 is 0 Å². The molecule has 5 nitrogen and oxygen atoms in total. The molecule has 3 aromatic heterocycles. The number of aromatic nitrogens is 1. The van der Waals surface area contributed by atoms with Crippen molar-refractivity contribution in [1.82, 2.24) is 10.3 Å². The third-order valence-electron chi connectivity index (χ3n) is 6.71. The van der Waals surface area contributed by atoms with Gasteiger partial charge in [-0.2, -0.15) is 0 Å². The van der Waals surface area contributed by atoms with Crippen molar-refractivity contribution in [2.45, 2.75) is 20.4 Å². The Labute approximate surface area is 204 Å². The van der Waals surface area contributed by atoms with Gasteiger partial charge in [-0.1, -0.05) is 6.07 Å². The molecular weight excluding hydrogens is 460 g/mol. The maximum Gasteiger partial charge on any atom is 0.251 e. The molecular formula is C29H21F2N3O2. The van der Waals surface area contributed by atoms with E-state index >= 15 is 0 Å². The van der Waals surface area contributed by atoms with E-state index in [0.717, 1.165) is 44.4 Å². The van der Waals surface area contributed by atoms with E-state index in [1.807, 2.05) is 38.1 Å². The lowest BCUT2D eigenvalue weighted by Crippen LogP contribution is -2.23. The summed E-state index contributed by atoms with van der Waals surface area (Å²) in [4.78, 5) is 17.3. The first kappa shape index (κ1) is 22.0. The predicted octanol–water partition coefficient (Wildman–Crippen LogP) is 6.65. The van der Waals surface area contributed by atoms with E-state index in [0.29, 0.717) is 40.2 Å². The molecule has 0 radical (unpaired) electrons. The van der Waals surface area contributed by atoms with Crippen LogP contribution in [0.2, 0.25) is 0 Å². The number of nitrogens with zero attached hydrogens (tertiary/aromatic N) is 1. The first-order chi connectivity index (χ1) is 17.3. The van der Waals surface area contributed by atoms with Crippen LogP contribution in [-0.2, 0) is 6.54 Å². The number of fused-ring (bicyclic) bond motifs is 8. The van der Waals surface area contributed by atoms with E-state index in [4.69, 9.17) is 10.2 Å². The Morgan fingerprint density at radius 1 is 0.917 bits per heavy atom. The highest BCUT2D eigenvalue weighted by molar-refractivity contribution is 6.26. The highest BCUT2D eigenvalue weighted by Gasteiger charge is 2.20. The van der Waals surface area contributed by atoms with Crippen LogP contribution in [0.4, 0.5) is 14.6 Å². The molecule has 6 rings (SSSR count). The van der Waals surface area contributed by atoms with E-state index in [9.17, 15) is 13.6 Å². The van der Waals surface area contributed by atoms with E-state index in [1.165, 1.54) is 12.1 Å². The number of nitrogen functional groups attached to an aromatic ring is 1. The third-order valence-corrected chi connectivity index (χ3v) is 6.71. The number of anilines is 1. The summed E-state index contributed by atoms with van der Waals surface area (Å²) in [5.74, 6) is -0.987. The van der Waals surface area contributed by atoms with Crippen LogP contribution in [0.3, 0.4) is 0 Å².